The van der Waals surface area contributed by atoms with E-state index in [1.54, 1.807) is 44.2 Å². The third-order valence-corrected chi connectivity index (χ3v) is 5.36. The minimum atomic E-state index is -0.515. The van der Waals surface area contributed by atoms with Crippen LogP contribution < -0.4 is 4.74 Å². The SMILES string of the molecule is C=C(C)C(=O)OCC(COC(C)C(=C)C)Cc1ccc(-c2ccc(OC(=O)C(=C)C)cc2)c(F)c1. The number of carbonyl (C=O) groups excluding carboxylic acids is 2. The van der Waals surface area contributed by atoms with Gasteiger partial charge in [-0.05, 0) is 63.4 Å². The van der Waals surface area contributed by atoms with Gasteiger partial charge in [-0.3, -0.25) is 0 Å². The van der Waals surface area contributed by atoms with E-state index in [1.807, 2.05) is 19.9 Å². The van der Waals surface area contributed by atoms with Crippen LogP contribution in [0.3, 0.4) is 0 Å². The predicted octanol–water partition coefficient (Wildman–Crippen LogP) is 6.23. The largest absolute Gasteiger partial charge is 0.462 e. The third-order valence-electron chi connectivity index (χ3n) is 5.36. The fourth-order valence-electron chi connectivity index (χ4n) is 3.06. The standard InChI is InChI=1S/C29H33FO5/c1-18(2)21(7)33-16-23(17-34-28(31)19(3)4)14-22-8-13-26(27(30)15-22)24-9-11-25(12-10-24)35-29(32)20(5)6/h8-13,15,21,23H,1,3,5,14,16-17H2,2,4,6-7H3. The lowest BCUT2D eigenvalue weighted by atomic mass is 9.97. The second kappa shape index (κ2) is 12.8. The molecule has 0 aliphatic heterocycles. The van der Waals surface area contributed by atoms with E-state index in [2.05, 4.69) is 19.7 Å². The zero-order valence-electron chi connectivity index (χ0n) is 20.9. The van der Waals surface area contributed by atoms with Gasteiger partial charge in [-0.2, -0.15) is 0 Å². The van der Waals surface area contributed by atoms with Gasteiger partial charge < -0.3 is 14.2 Å². The molecule has 2 rings (SSSR count). The normalized spacial score (nSPS) is 12.4. The Bertz CT molecular complexity index is 1100. The van der Waals surface area contributed by atoms with Crippen molar-refractivity contribution in [2.75, 3.05) is 13.2 Å². The van der Waals surface area contributed by atoms with Crippen molar-refractivity contribution in [2.45, 2.75) is 40.2 Å². The summed E-state index contributed by atoms with van der Waals surface area (Å²) in [5.41, 5.74) is 3.32. The van der Waals surface area contributed by atoms with Crippen molar-refractivity contribution < 1.29 is 28.2 Å². The average Bonchev–Trinajstić information content (AvgIpc) is 2.80. The maximum Gasteiger partial charge on any atom is 0.338 e. The molecule has 6 heteroatoms. The Morgan fingerprint density at radius 1 is 0.914 bits per heavy atom. The third kappa shape index (κ3) is 8.65. The Balaban J connectivity index is 2.13. The molecule has 5 nitrogen and oxygen atoms in total. The van der Waals surface area contributed by atoms with E-state index in [9.17, 15) is 9.59 Å². The summed E-state index contributed by atoms with van der Waals surface area (Å²) in [6.07, 6.45) is 0.311. The van der Waals surface area contributed by atoms with Crippen molar-refractivity contribution in [3.63, 3.8) is 0 Å². The fraction of sp³-hybridized carbons (Fsp3) is 0.310. The molecule has 2 aromatic carbocycles. The Morgan fingerprint density at radius 2 is 1.54 bits per heavy atom. The average molecular weight is 481 g/mol. The number of hydrogen-bond donors (Lipinski definition) is 0. The van der Waals surface area contributed by atoms with Crippen LogP contribution in [0.1, 0.15) is 33.3 Å². The topological polar surface area (TPSA) is 61.8 Å². The van der Waals surface area contributed by atoms with Crippen LogP contribution in [0.25, 0.3) is 11.1 Å². The van der Waals surface area contributed by atoms with E-state index in [1.165, 1.54) is 6.07 Å². The Morgan fingerprint density at radius 3 is 2.09 bits per heavy atom. The van der Waals surface area contributed by atoms with Crippen molar-refractivity contribution in [3.8, 4) is 16.9 Å². The summed E-state index contributed by atoms with van der Waals surface area (Å²) < 4.78 is 31.4. The molecule has 0 fully saturated rings. The van der Waals surface area contributed by atoms with Crippen LogP contribution in [0.4, 0.5) is 4.39 Å². The lowest BCUT2D eigenvalue weighted by Crippen LogP contribution is -2.24. The number of esters is 2. The van der Waals surface area contributed by atoms with Gasteiger partial charge in [-0.1, -0.05) is 49.6 Å². The lowest BCUT2D eigenvalue weighted by molar-refractivity contribution is -0.141. The van der Waals surface area contributed by atoms with Crippen LogP contribution in [-0.2, 0) is 25.5 Å². The van der Waals surface area contributed by atoms with Gasteiger partial charge in [-0.25, -0.2) is 14.0 Å². The van der Waals surface area contributed by atoms with Gasteiger partial charge in [0, 0.05) is 22.6 Å². The number of hydrogen-bond acceptors (Lipinski definition) is 5. The van der Waals surface area contributed by atoms with E-state index in [4.69, 9.17) is 14.2 Å². The van der Waals surface area contributed by atoms with E-state index >= 15 is 4.39 Å². The molecule has 0 saturated heterocycles. The first-order valence-corrected chi connectivity index (χ1v) is 11.3. The van der Waals surface area contributed by atoms with Crippen molar-refractivity contribution in [2.24, 2.45) is 5.92 Å². The highest BCUT2D eigenvalue weighted by Crippen LogP contribution is 2.27. The summed E-state index contributed by atoms with van der Waals surface area (Å²) in [6, 6.07) is 11.6. The van der Waals surface area contributed by atoms with E-state index in [0.29, 0.717) is 41.1 Å². The Labute approximate surface area is 206 Å². The van der Waals surface area contributed by atoms with Crippen molar-refractivity contribution in [1.82, 2.24) is 0 Å². The highest BCUT2D eigenvalue weighted by Gasteiger charge is 2.17. The maximum absolute atomic E-state index is 15.0. The molecule has 186 valence electrons. The summed E-state index contributed by atoms with van der Waals surface area (Å²) in [7, 11) is 0. The van der Waals surface area contributed by atoms with Crippen LogP contribution in [0.2, 0.25) is 0 Å². The van der Waals surface area contributed by atoms with Crippen molar-refractivity contribution in [1.29, 1.82) is 0 Å². The first kappa shape index (κ1) is 27.7. The summed E-state index contributed by atoms with van der Waals surface area (Å²) in [6.45, 7) is 18.4. The van der Waals surface area contributed by atoms with E-state index < -0.39 is 11.9 Å². The van der Waals surface area contributed by atoms with Crippen LogP contribution in [0.5, 0.6) is 5.75 Å². The number of carbonyl (C=O) groups is 2. The molecule has 0 saturated carbocycles. The second-order valence-electron chi connectivity index (χ2n) is 8.78. The van der Waals surface area contributed by atoms with Crippen LogP contribution in [0.15, 0.2) is 78.9 Å². The Hall–Kier alpha value is -3.51. The number of ether oxygens (including phenoxy) is 3. The van der Waals surface area contributed by atoms with Crippen molar-refractivity contribution in [3.05, 3.63) is 90.3 Å². The highest BCUT2D eigenvalue weighted by molar-refractivity contribution is 5.88. The summed E-state index contributed by atoms with van der Waals surface area (Å²) in [4.78, 5) is 23.5. The fourth-order valence-corrected chi connectivity index (χ4v) is 3.06. The molecule has 0 aromatic heterocycles. The van der Waals surface area contributed by atoms with E-state index in [0.717, 1.165) is 11.1 Å². The molecular formula is C29H33FO5. The van der Waals surface area contributed by atoms with E-state index in [-0.39, 0.29) is 24.4 Å². The van der Waals surface area contributed by atoms with Crippen molar-refractivity contribution >= 4 is 11.9 Å². The summed E-state index contributed by atoms with van der Waals surface area (Å²) >= 11 is 0. The molecular weight excluding hydrogens is 447 g/mol. The molecule has 2 aromatic rings. The van der Waals surface area contributed by atoms with Crippen LogP contribution in [-0.4, -0.2) is 31.3 Å². The number of benzene rings is 2. The number of halogens is 1. The number of rotatable bonds is 12. The highest BCUT2D eigenvalue weighted by atomic mass is 19.1. The molecule has 0 heterocycles. The monoisotopic (exact) mass is 480 g/mol. The lowest BCUT2D eigenvalue weighted by Gasteiger charge is -2.21. The van der Waals surface area contributed by atoms with Gasteiger partial charge in [-0.15, -0.1) is 0 Å². The van der Waals surface area contributed by atoms with Gasteiger partial charge in [0.15, 0.2) is 0 Å². The Kier molecular flexibility index (Phi) is 10.2. The van der Waals surface area contributed by atoms with Gasteiger partial charge in [0.1, 0.15) is 11.6 Å². The molecule has 0 amide bonds. The maximum atomic E-state index is 15.0. The molecule has 0 aliphatic rings. The minimum absolute atomic E-state index is 0.127. The zero-order valence-corrected chi connectivity index (χ0v) is 20.9. The van der Waals surface area contributed by atoms with Gasteiger partial charge in [0.2, 0.25) is 0 Å². The van der Waals surface area contributed by atoms with Gasteiger partial charge >= 0.3 is 11.9 Å². The second-order valence-corrected chi connectivity index (χ2v) is 8.78. The molecule has 2 unspecified atom stereocenters. The van der Waals surface area contributed by atoms with Gasteiger partial charge in [0.25, 0.3) is 0 Å². The summed E-state index contributed by atoms with van der Waals surface area (Å²) in [5, 5.41) is 0. The minimum Gasteiger partial charge on any atom is -0.462 e. The molecule has 0 aliphatic carbocycles. The molecule has 2 atom stereocenters. The molecule has 0 radical (unpaired) electrons. The molecule has 0 N–H and O–H groups in total. The summed E-state index contributed by atoms with van der Waals surface area (Å²) in [5.74, 6) is -1.19. The quantitative estimate of drug-likeness (QED) is 0.156. The molecule has 0 bridgehead atoms. The molecule has 35 heavy (non-hydrogen) atoms. The molecule has 0 spiro atoms. The van der Waals surface area contributed by atoms with Crippen LogP contribution in [0, 0.1) is 11.7 Å². The smallest absolute Gasteiger partial charge is 0.338 e. The zero-order chi connectivity index (χ0) is 26.1. The predicted molar refractivity (Wildman–Crippen MR) is 135 cm³/mol. The van der Waals surface area contributed by atoms with Crippen LogP contribution >= 0.6 is 0 Å². The first-order valence-electron chi connectivity index (χ1n) is 11.3. The first-order chi connectivity index (χ1) is 16.5. The van der Waals surface area contributed by atoms with Gasteiger partial charge in [0.05, 0.1) is 19.3 Å².